The van der Waals surface area contributed by atoms with E-state index in [0.29, 0.717) is 5.71 Å². The molecule has 0 aliphatic heterocycles. The minimum atomic E-state index is 0.534. The smallest absolute Gasteiger partial charge is 0.247 e. The molecule has 12 aromatic rings. The second-order valence-corrected chi connectivity index (χ2v) is 16.2. The SMILES string of the molecule is C=C/C=C\c1ccc2sc3c(c4ccccc4c4c5ccccc5n(-c5nc6c(nc5-c5cccc7c5sc5ccccc57)oc5ccccc56)c34)c2c1C. The van der Waals surface area contributed by atoms with Crippen LogP contribution in [0, 0.1) is 6.92 Å². The predicted molar refractivity (Wildman–Crippen MR) is 236 cm³/mol. The minimum absolute atomic E-state index is 0.534. The summed E-state index contributed by atoms with van der Waals surface area (Å²) in [4.78, 5) is 11.1. The summed E-state index contributed by atoms with van der Waals surface area (Å²) in [6.07, 6.45) is 6.01. The van der Waals surface area contributed by atoms with Crippen LogP contribution in [0.4, 0.5) is 0 Å². The van der Waals surface area contributed by atoms with Crippen LogP contribution in [-0.2, 0) is 0 Å². The van der Waals surface area contributed by atoms with Crippen molar-refractivity contribution in [3.8, 4) is 17.1 Å². The highest BCUT2D eigenvalue weighted by Gasteiger charge is 2.27. The standard InChI is InChI=1S/C49H29N3OS2/c1-3-4-14-28-25-26-39-40(27(28)2)42-31-17-6-5-16-30(31)41-33-18-7-10-22-36(33)52(45(41)47(42)55-39)48-43(51-49-44(50-48)34-19-8-11-23-37(34)53-49)35-21-13-20-32-29-15-9-12-24-38(29)54-46(32)35/h3-26H,1H2,2H3/b14-4-. The second-order valence-electron chi connectivity index (χ2n) is 14.1. The third-order valence-corrected chi connectivity index (χ3v) is 13.6. The Balaban J connectivity index is 1.32. The van der Waals surface area contributed by atoms with Gasteiger partial charge in [0.1, 0.15) is 16.8 Å². The normalized spacial score (nSPS) is 12.5. The molecule has 5 aromatic heterocycles. The molecule has 12 rings (SSSR count). The molecular weight excluding hydrogens is 711 g/mol. The lowest BCUT2D eigenvalue weighted by Crippen LogP contribution is -2.03. The maximum Gasteiger partial charge on any atom is 0.247 e. The lowest BCUT2D eigenvalue weighted by molar-refractivity contribution is 0.653. The Bertz CT molecular complexity index is 3650. The van der Waals surface area contributed by atoms with Crippen molar-refractivity contribution in [1.82, 2.24) is 14.5 Å². The number of fused-ring (bicyclic) bond motifs is 16. The highest BCUT2D eigenvalue weighted by atomic mass is 32.1. The van der Waals surface area contributed by atoms with Gasteiger partial charge >= 0.3 is 0 Å². The van der Waals surface area contributed by atoms with E-state index in [2.05, 4.69) is 133 Å². The Hall–Kier alpha value is -6.60. The van der Waals surface area contributed by atoms with E-state index in [-0.39, 0.29) is 0 Å². The van der Waals surface area contributed by atoms with Gasteiger partial charge in [0.25, 0.3) is 0 Å². The van der Waals surface area contributed by atoms with E-state index in [4.69, 9.17) is 14.4 Å². The lowest BCUT2D eigenvalue weighted by Gasteiger charge is -2.14. The molecule has 6 heteroatoms. The van der Waals surface area contributed by atoms with Crippen LogP contribution in [0.5, 0.6) is 0 Å². The van der Waals surface area contributed by atoms with Crippen LogP contribution in [0.1, 0.15) is 11.1 Å². The molecule has 258 valence electrons. The van der Waals surface area contributed by atoms with Gasteiger partial charge < -0.3 is 4.42 Å². The lowest BCUT2D eigenvalue weighted by atomic mass is 9.95. The Morgan fingerprint density at radius 3 is 2.18 bits per heavy atom. The first-order chi connectivity index (χ1) is 27.2. The van der Waals surface area contributed by atoms with Gasteiger partial charge in [0, 0.05) is 57.4 Å². The van der Waals surface area contributed by atoms with Gasteiger partial charge in [-0.25, -0.2) is 9.97 Å². The van der Waals surface area contributed by atoms with Gasteiger partial charge in [-0.3, -0.25) is 4.57 Å². The second kappa shape index (κ2) is 11.5. The molecule has 0 radical (unpaired) electrons. The number of aryl methyl sites for hydroxylation is 1. The fourth-order valence-corrected chi connectivity index (χ4v) is 11.3. The largest absolute Gasteiger partial charge is 0.436 e. The Labute approximate surface area is 322 Å². The van der Waals surface area contributed by atoms with Crippen molar-refractivity contribution in [2.24, 2.45) is 0 Å². The van der Waals surface area contributed by atoms with Crippen LogP contribution >= 0.6 is 22.7 Å². The van der Waals surface area contributed by atoms with E-state index < -0.39 is 0 Å². The number of hydrogen-bond acceptors (Lipinski definition) is 5. The van der Waals surface area contributed by atoms with E-state index in [1.807, 2.05) is 41.7 Å². The van der Waals surface area contributed by atoms with Crippen LogP contribution in [-0.4, -0.2) is 14.5 Å². The molecule has 0 N–H and O–H groups in total. The van der Waals surface area contributed by atoms with E-state index in [1.54, 1.807) is 11.3 Å². The van der Waals surface area contributed by atoms with Gasteiger partial charge in [0.05, 0.1) is 15.7 Å². The number of allylic oxidation sites excluding steroid dienone is 2. The quantitative estimate of drug-likeness (QED) is 0.169. The molecular formula is C49H29N3OS2. The fraction of sp³-hybridized carbons (Fsp3) is 0.0204. The zero-order chi connectivity index (χ0) is 36.4. The van der Waals surface area contributed by atoms with Gasteiger partial charge in [-0.15, -0.1) is 22.7 Å². The van der Waals surface area contributed by atoms with Crippen LogP contribution in [0.25, 0.3) is 118 Å². The van der Waals surface area contributed by atoms with Crippen molar-refractivity contribution >= 4 is 124 Å². The van der Waals surface area contributed by atoms with E-state index in [9.17, 15) is 0 Å². The van der Waals surface area contributed by atoms with Crippen LogP contribution < -0.4 is 0 Å². The average Bonchev–Trinajstić information content (AvgIpc) is 3.99. The number of hydrogen-bond donors (Lipinski definition) is 0. The number of rotatable bonds is 4. The van der Waals surface area contributed by atoms with Crippen LogP contribution in [0.3, 0.4) is 0 Å². The Morgan fingerprint density at radius 1 is 0.618 bits per heavy atom. The first kappa shape index (κ1) is 30.8. The molecule has 0 atom stereocenters. The van der Waals surface area contributed by atoms with E-state index in [1.165, 1.54) is 73.0 Å². The monoisotopic (exact) mass is 739 g/mol. The number of benzene rings is 7. The van der Waals surface area contributed by atoms with Crippen LogP contribution in [0.2, 0.25) is 0 Å². The Kier molecular flexibility index (Phi) is 6.42. The molecule has 5 heterocycles. The molecule has 0 bridgehead atoms. The number of furan rings is 1. The van der Waals surface area contributed by atoms with Crippen molar-refractivity contribution in [2.45, 2.75) is 6.92 Å². The maximum atomic E-state index is 6.46. The molecule has 0 fully saturated rings. The molecule has 0 saturated heterocycles. The van der Waals surface area contributed by atoms with E-state index >= 15 is 0 Å². The summed E-state index contributed by atoms with van der Waals surface area (Å²) in [5.41, 5.74) is 8.58. The Morgan fingerprint density at radius 2 is 1.33 bits per heavy atom. The number of nitrogens with zero attached hydrogens (tertiary/aromatic N) is 3. The first-order valence-corrected chi connectivity index (χ1v) is 20.0. The van der Waals surface area contributed by atoms with Crippen molar-refractivity contribution in [1.29, 1.82) is 0 Å². The molecule has 0 aliphatic rings. The predicted octanol–water partition coefficient (Wildman–Crippen LogP) is 14.5. The summed E-state index contributed by atoms with van der Waals surface area (Å²) in [7, 11) is 0. The molecule has 4 nitrogen and oxygen atoms in total. The first-order valence-electron chi connectivity index (χ1n) is 18.4. The van der Waals surface area contributed by atoms with Crippen molar-refractivity contribution in [3.63, 3.8) is 0 Å². The minimum Gasteiger partial charge on any atom is -0.436 e. The average molecular weight is 740 g/mol. The van der Waals surface area contributed by atoms with Gasteiger partial charge in [0.15, 0.2) is 5.82 Å². The molecule has 0 spiro atoms. The summed E-state index contributed by atoms with van der Waals surface area (Å²) in [5.74, 6) is 0.788. The molecule has 0 saturated carbocycles. The highest BCUT2D eigenvalue weighted by Crippen LogP contribution is 2.50. The van der Waals surface area contributed by atoms with E-state index in [0.717, 1.165) is 44.6 Å². The maximum absolute atomic E-state index is 6.46. The fourth-order valence-electron chi connectivity index (χ4n) is 8.80. The zero-order valence-electron chi connectivity index (χ0n) is 29.6. The van der Waals surface area contributed by atoms with Gasteiger partial charge in [-0.05, 0) is 59.2 Å². The highest BCUT2D eigenvalue weighted by molar-refractivity contribution is 7.27. The summed E-state index contributed by atoms with van der Waals surface area (Å²) in [6, 6.07) is 45.5. The van der Waals surface area contributed by atoms with Gasteiger partial charge in [-0.1, -0.05) is 122 Å². The molecule has 7 aromatic carbocycles. The summed E-state index contributed by atoms with van der Waals surface area (Å²) in [6.45, 7) is 6.18. The summed E-state index contributed by atoms with van der Waals surface area (Å²) in [5, 5.41) is 10.9. The molecule has 0 aliphatic carbocycles. The molecule has 0 unspecified atom stereocenters. The molecule has 55 heavy (non-hydrogen) atoms. The third-order valence-electron chi connectivity index (χ3n) is 11.2. The van der Waals surface area contributed by atoms with Gasteiger partial charge in [-0.2, -0.15) is 0 Å². The number of aromatic nitrogens is 3. The summed E-state index contributed by atoms with van der Waals surface area (Å²) < 4.78 is 13.8. The number of para-hydroxylation sites is 2. The van der Waals surface area contributed by atoms with Crippen LogP contribution in [0.15, 0.2) is 151 Å². The van der Waals surface area contributed by atoms with Gasteiger partial charge in [0.2, 0.25) is 5.71 Å². The summed E-state index contributed by atoms with van der Waals surface area (Å²) >= 11 is 3.67. The zero-order valence-corrected chi connectivity index (χ0v) is 31.3. The van der Waals surface area contributed by atoms with Crippen molar-refractivity contribution in [3.05, 3.63) is 157 Å². The topological polar surface area (TPSA) is 43.9 Å². The number of thiophene rings is 2. The third kappa shape index (κ3) is 4.21. The van der Waals surface area contributed by atoms with Crippen molar-refractivity contribution in [2.75, 3.05) is 0 Å². The van der Waals surface area contributed by atoms with Crippen molar-refractivity contribution < 1.29 is 4.42 Å². The molecule has 0 amide bonds.